The first-order chi connectivity index (χ1) is 32.6. The summed E-state index contributed by atoms with van der Waals surface area (Å²) >= 11 is 0. The average Bonchev–Trinajstić information content (AvgIpc) is 3.73. The van der Waals surface area contributed by atoms with Crippen LogP contribution in [0.1, 0.15) is 11.1 Å². The lowest BCUT2D eigenvalue weighted by atomic mass is 9.91. The minimum atomic E-state index is 0.397. The van der Waals surface area contributed by atoms with Crippen molar-refractivity contribution in [3.63, 3.8) is 0 Å². The SMILES string of the molecule is N#Cc1cc(-c2cc(-c3ccccc3)nc(-c3ccccc3)n2)cc(C#N)c1-c1ccc(-c2ccc(-n3c4ccccc4c4cc(N(c5ccccc5)c5ccccc5)ccc43)cc2)cc1. The van der Waals surface area contributed by atoms with E-state index in [9.17, 15) is 10.5 Å². The van der Waals surface area contributed by atoms with Crippen LogP contribution in [0.2, 0.25) is 0 Å². The van der Waals surface area contributed by atoms with Crippen LogP contribution in [0, 0.1) is 22.7 Å². The number of anilines is 3. The smallest absolute Gasteiger partial charge is 0.160 e. The van der Waals surface area contributed by atoms with E-state index in [1.54, 1.807) is 0 Å². The maximum atomic E-state index is 10.5. The molecule has 0 amide bonds. The predicted octanol–water partition coefficient (Wildman–Crippen LogP) is 15.1. The molecule has 6 nitrogen and oxygen atoms in total. The summed E-state index contributed by atoms with van der Waals surface area (Å²) in [6.07, 6.45) is 0. The maximum Gasteiger partial charge on any atom is 0.160 e. The third-order valence-corrected chi connectivity index (χ3v) is 12.1. The number of rotatable bonds is 9. The van der Waals surface area contributed by atoms with E-state index in [1.807, 2.05) is 103 Å². The van der Waals surface area contributed by atoms with Crippen molar-refractivity contribution in [2.45, 2.75) is 0 Å². The first kappa shape index (κ1) is 39.5. The number of aromatic nitrogens is 3. The van der Waals surface area contributed by atoms with Gasteiger partial charge in [-0.05, 0) is 95.6 Å². The number of para-hydroxylation sites is 3. The van der Waals surface area contributed by atoms with Crippen LogP contribution in [0.4, 0.5) is 17.1 Å². The van der Waals surface area contributed by atoms with Crippen molar-refractivity contribution in [1.29, 1.82) is 10.5 Å². The van der Waals surface area contributed by atoms with E-state index >= 15 is 0 Å². The Bertz CT molecular complexity index is 3490. The molecule has 0 saturated heterocycles. The molecule has 11 rings (SSSR count). The molecule has 66 heavy (non-hydrogen) atoms. The fourth-order valence-electron chi connectivity index (χ4n) is 8.96. The Morgan fingerprint density at radius 3 is 1.44 bits per heavy atom. The molecule has 0 spiro atoms. The zero-order chi connectivity index (χ0) is 44.4. The van der Waals surface area contributed by atoms with E-state index < -0.39 is 0 Å². The molecule has 0 fully saturated rings. The predicted molar refractivity (Wildman–Crippen MR) is 268 cm³/mol. The summed E-state index contributed by atoms with van der Waals surface area (Å²) in [4.78, 5) is 12.2. The van der Waals surface area contributed by atoms with Gasteiger partial charge in [0, 0.05) is 55.8 Å². The van der Waals surface area contributed by atoms with Crippen molar-refractivity contribution < 1.29 is 0 Å². The zero-order valence-electron chi connectivity index (χ0n) is 35.6. The van der Waals surface area contributed by atoms with Gasteiger partial charge in [-0.3, -0.25) is 0 Å². The number of nitriles is 2. The van der Waals surface area contributed by atoms with Crippen LogP contribution in [-0.4, -0.2) is 14.5 Å². The molecule has 0 aliphatic carbocycles. The van der Waals surface area contributed by atoms with Gasteiger partial charge in [0.15, 0.2) is 5.82 Å². The minimum absolute atomic E-state index is 0.397. The third-order valence-electron chi connectivity index (χ3n) is 12.1. The van der Waals surface area contributed by atoms with E-state index in [4.69, 9.17) is 9.97 Å². The normalized spacial score (nSPS) is 11.0. The highest BCUT2D eigenvalue weighted by molar-refractivity contribution is 6.10. The molecule has 2 heterocycles. The second-order valence-corrected chi connectivity index (χ2v) is 16.0. The van der Waals surface area contributed by atoms with E-state index in [-0.39, 0.29) is 0 Å². The van der Waals surface area contributed by atoms with Crippen molar-refractivity contribution in [3.05, 3.63) is 242 Å². The molecule has 0 saturated carbocycles. The zero-order valence-corrected chi connectivity index (χ0v) is 35.6. The van der Waals surface area contributed by atoms with Crippen LogP contribution in [0.15, 0.2) is 231 Å². The number of nitrogens with zero attached hydrogens (tertiary/aromatic N) is 6. The molecule has 6 heteroatoms. The van der Waals surface area contributed by atoms with Gasteiger partial charge in [0.2, 0.25) is 0 Å². The second-order valence-electron chi connectivity index (χ2n) is 16.0. The van der Waals surface area contributed by atoms with Gasteiger partial charge in [-0.2, -0.15) is 10.5 Å². The first-order valence-electron chi connectivity index (χ1n) is 21.8. The van der Waals surface area contributed by atoms with E-state index in [0.29, 0.717) is 33.8 Å². The van der Waals surface area contributed by atoms with Crippen LogP contribution in [0.25, 0.3) is 83.6 Å². The number of benzene rings is 9. The number of hydrogen-bond donors (Lipinski definition) is 0. The summed E-state index contributed by atoms with van der Waals surface area (Å²) in [7, 11) is 0. The molecule has 0 unspecified atom stereocenters. The van der Waals surface area contributed by atoms with Gasteiger partial charge in [0.1, 0.15) is 0 Å². The molecule has 9 aromatic carbocycles. The molecule has 0 atom stereocenters. The summed E-state index contributed by atoms with van der Waals surface area (Å²) < 4.78 is 2.33. The van der Waals surface area contributed by atoms with Gasteiger partial charge in [-0.25, -0.2) is 9.97 Å². The highest BCUT2D eigenvalue weighted by Gasteiger charge is 2.19. The summed E-state index contributed by atoms with van der Waals surface area (Å²) in [6, 6.07) is 83.1. The Hall–Kier alpha value is -9.36. The molecule has 0 aliphatic heterocycles. The van der Waals surface area contributed by atoms with Crippen LogP contribution < -0.4 is 4.90 Å². The van der Waals surface area contributed by atoms with E-state index in [2.05, 4.69) is 149 Å². The van der Waals surface area contributed by atoms with Gasteiger partial charge >= 0.3 is 0 Å². The standard InChI is InChI=1S/C60H38N6/c61-39-47-35-46(56-38-55(43-15-5-1-6-16-43)63-60(64-56)45-17-7-2-8-18-45)36-48(40-62)59(47)44-27-25-41(26-28-44)42-29-31-51(32-30-42)66-57-24-14-13-23-53(57)54-37-52(33-34-58(54)66)65(49-19-9-3-10-20-49)50-21-11-4-12-22-50/h1-38H. The molecule has 308 valence electrons. The van der Waals surface area contributed by atoms with Gasteiger partial charge in [-0.15, -0.1) is 0 Å². The lowest BCUT2D eigenvalue weighted by Gasteiger charge is -2.25. The van der Waals surface area contributed by atoms with Crippen LogP contribution >= 0.6 is 0 Å². The van der Waals surface area contributed by atoms with Crippen LogP contribution in [0.5, 0.6) is 0 Å². The fourth-order valence-corrected chi connectivity index (χ4v) is 8.96. The Kier molecular flexibility index (Phi) is 10.2. The van der Waals surface area contributed by atoms with Gasteiger partial charge in [0.05, 0.1) is 45.7 Å². The number of hydrogen-bond acceptors (Lipinski definition) is 5. The number of fused-ring (bicyclic) bond motifs is 3. The topological polar surface area (TPSA) is 81.5 Å². The summed E-state index contributed by atoms with van der Waals surface area (Å²) in [6.45, 7) is 0. The molecular formula is C60H38N6. The van der Waals surface area contributed by atoms with E-state index in [1.165, 1.54) is 10.8 Å². The first-order valence-corrected chi connectivity index (χ1v) is 21.8. The quantitative estimate of drug-likeness (QED) is 0.145. The molecular weight excluding hydrogens is 805 g/mol. The monoisotopic (exact) mass is 842 g/mol. The van der Waals surface area contributed by atoms with Crippen molar-refractivity contribution in [2.24, 2.45) is 0 Å². The van der Waals surface area contributed by atoms with Crippen molar-refractivity contribution in [1.82, 2.24) is 14.5 Å². The molecule has 11 aromatic rings. The highest BCUT2D eigenvalue weighted by atomic mass is 15.1. The second kappa shape index (κ2) is 17.1. The molecule has 0 radical (unpaired) electrons. The maximum absolute atomic E-state index is 10.5. The van der Waals surface area contributed by atoms with Gasteiger partial charge < -0.3 is 9.47 Å². The van der Waals surface area contributed by atoms with Crippen LogP contribution in [0.3, 0.4) is 0 Å². The highest BCUT2D eigenvalue weighted by Crippen LogP contribution is 2.40. The molecule has 0 aliphatic rings. The Labute approximate surface area is 382 Å². The summed E-state index contributed by atoms with van der Waals surface area (Å²) in [5.41, 5.74) is 14.7. The summed E-state index contributed by atoms with van der Waals surface area (Å²) in [5, 5.41) is 23.4. The van der Waals surface area contributed by atoms with Crippen molar-refractivity contribution in [3.8, 4) is 74.0 Å². The van der Waals surface area contributed by atoms with Gasteiger partial charge in [0.25, 0.3) is 0 Å². The lowest BCUT2D eigenvalue weighted by Crippen LogP contribution is -2.09. The Morgan fingerprint density at radius 2 is 0.848 bits per heavy atom. The molecule has 2 aromatic heterocycles. The summed E-state index contributed by atoms with van der Waals surface area (Å²) in [5.74, 6) is 0.565. The minimum Gasteiger partial charge on any atom is -0.310 e. The fraction of sp³-hybridized carbons (Fsp3) is 0. The molecule has 0 bridgehead atoms. The molecule has 0 N–H and O–H groups in total. The van der Waals surface area contributed by atoms with Crippen molar-refractivity contribution in [2.75, 3.05) is 4.90 Å². The lowest BCUT2D eigenvalue weighted by molar-refractivity contribution is 1.18. The van der Waals surface area contributed by atoms with Gasteiger partial charge in [-0.1, -0.05) is 152 Å². The Balaban J connectivity index is 0.919. The third kappa shape index (κ3) is 7.31. The largest absolute Gasteiger partial charge is 0.310 e. The average molecular weight is 843 g/mol. The van der Waals surface area contributed by atoms with Crippen molar-refractivity contribution >= 4 is 38.9 Å². The Morgan fingerprint density at radius 1 is 0.364 bits per heavy atom. The van der Waals surface area contributed by atoms with Crippen LogP contribution in [-0.2, 0) is 0 Å². The van der Waals surface area contributed by atoms with E-state index in [0.717, 1.165) is 67.3 Å².